The average molecular weight is 305 g/mol. The highest BCUT2D eigenvalue weighted by Crippen LogP contribution is 2.11. The van der Waals surface area contributed by atoms with Crippen molar-refractivity contribution in [3.63, 3.8) is 0 Å². The van der Waals surface area contributed by atoms with E-state index in [1.807, 2.05) is 37.3 Å². The van der Waals surface area contributed by atoms with E-state index in [2.05, 4.69) is 22.2 Å². The molecule has 0 aliphatic carbocycles. The molecule has 0 atom stereocenters. The van der Waals surface area contributed by atoms with Crippen LogP contribution in [0.2, 0.25) is 0 Å². The first kappa shape index (κ1) is 18.0. The second-order valence-corrected chi connectivity index (χ2v) is 4.66. The first-order chi connectivity index (χ1) is 10.8. The summed E-state index contributed by atoms with van der Waals surface area (Å²) < 4.78 is 10.5. The van der Waals surface area contributed by atoms with Crippen molar-refractivity contribution in [2.75, 3.05) is 33.4 Å². The standard InChI is InChI=1S/C17H27N3O2/c1-4-11-18-17(19-12-6-13-22-5-2)20-14-15-7-9-16(21-3)10-8-15/h4,7-10H,1,5-6,11-14H2,2-3H3,(H2,18,19,20). The van der Waals surface area contributed by atoms with Gasteiger partial charge in [-0.25, -0.2) is 4.99 Å². The molecule has 5 heteroatoms. The molecule has 122 valence electrons. The fourth-order valence-electron chi connectivity index (χ4n) is 1.77. The summed E-state index contributed by atoms with van der Waals surface area (Å²) in [5.41, 5.74) is 1.13. The monoisotopic (exact) mass is 305 g/mol. The van der Waals surface area contributed by atoms with Crippen molar-refractivity contribution in [3.8, 4) is 5.75 Å². The number of ether oxygens (including phenoxy) is 2. The Labute approximate surface area is 133 Å². The number of methoxy groups -OCH3 is 1. The molecule has 2 N–H and O–H groups in total. The van der Waals surface area contributed by atoms with Crippen LogP contribution in [0.25, 0.3) is 0 Å². The van der Waals surface area contributed by atoms with E-state index in [0.717, 1.165) is 43.5 Å². The van der Waals surface area contributed by atoms with Crippen molar-refractivity contribution in [3.05, 3.63) is 42.5 Å². The Morgan fingerprint density at radius 1 is 1.27 bits per heavy atom. The van der Waals surface area contributed by atoms with Gasteiger partial charge in [-0.2, -0.15) is 0 Å². The van der Waals surface area contributed by atoms with Crippen LogP contribution in [-0.2, 0) is 11.3 Å². The largest absolute Gasteiger partial charge is 0.497 e. The summed E-state index contributed by atoms with van der Waals surface area (Å²) in [6.45, 7) is 9.35. The minimum atomic E-state index is 0.613. The smallest absolute Gasteiger partial charge is 0.191 e. The van der Waals surface area contributed by atoms with E-state index in [1.165, 1.54) is 0 Å². The lowest BCUT2D eigenvalue weighted by molar-refractivity contribution is 0.145. The van der Waals surface area contributed by atoms with Crippen LogP contribution in [0.3, 0.4) is 0 Å². The number of nitrogens with zero attached hydrogens (tertiary/aromatic N) is 1. The molecular weight excluding hydrogens is 278 g/mol. The molecule has 0 heterocycles. The van der Waals surface area contributed by atoms with Gasteiger partial charge in [0, 0.05) is 26.3 Å². The Morgan fingerprint density at radius 3 is 2.68 bits per heavy atom. The minimum Gasteiger partial charge on any atom is -0.497 e. The van der Waals surface area contributed by atoms with E-state index in [0.29, 0.717) is 13.1 Å². The normalized spacial score (nSPS) is 11.1. The van der Waals surface area contributed by atoms with Gasteiger partial charge in [0.15, 0.2) is 5.96 Å². The lowest BCUT2D eigenvalue weighted by Gasteiger charge is -2.11. The van der Waals surface area contributed by atoms with E-state index in [-0.39, 0.29) is 0 Å². The van der Waals surface area contributed by atoms with Crippen LogP contribution in [0.15, 0.2) is 41.9 Å². The van der Waals surface area contributed by atoms with Crippen molar-refractivity contribution in [1.82, 2.24) is 10.6 Å². The zero-order valence-electron chi connectivity index (χ0n) is 13.6. The Hall–Kier alpha value is -2.01. The topological polar surface area (TPSA) is 54.9 Å². The summed E-state index contributed by atoms with van der Waals surface area (Å²) in [5, 5.41) is 6.50. The zero-order chi connectivity index (χ0) is 16.0. The molecule has 0 unspecified atom stereocenters. The van der Waals surface area contributed by atoms with Crippen LogP contribution in [-0.4, -0.2) is 39.4 Å². The predicted molar refractivity (Wildman–Crippen MR) is 91.4 cm³/mol. The number of benzene rings is 1. The molecule has 22 heavy (non-hydrogen) atoms. The highest BCUT2D eigenvalue weighted by atomic mass is 16.5. The summed E-state index contributed by atoms with van der Waals surface area (Å²) >= 11 is 0. The number of rotatable bonds is 10. The lowest BCUT2D eigenvalue weighted by Crippen LogP contribution is -2.38. The first-order valence-electron chi connectivity index (χ1n) is 7.64. The molecule has 1 aromatic rings. The quantitative estimate of drug-likeness (QED) is 0.301. The Balaban J connectivity index is 2.47. The van der Waals surface area contributed by atoms with Gasteiger partial charge in [0.05, 0.1) is 13.7 Å². The van der Waals surface area contributed by atoms with Gasteiger partial charge in [-0.1, -0.05) is 18.2 Å². The summed E-state index contributed by atoms with van der Waals surface area (Å²) in [6.07, 6.45) is 2.76. The van der Waals surface area contributed by atoms with Gasteiger partial charge in [0.1, 0.15) is 5.75 Å². The van der Waals surface area contributed by atoms with Gasteiger partial charge in [-0.3, -0.25) is 0 Å². The van der Waals surface area contributed by atoms with Crippen LogP contribution >= 0.6 is 0 Å². The molecule has 0 aromatic heterocycles. The van der Waals surface area contributed by atoms with Gasteiger partial charge in [-0.05, 0) is 31.0 Å². The fourth-order valence-corrected chi connectivity index (χ4v) is 1.77. The molecule has 5 nitrogen and oxygen atoms in total. The van der Waals surface area contributed by atoms with Crippen LogP contribution in [0.1, 0.15) is 18.9 Å². The second kappa shape index (κ2) is 11.6. The van der Waals surface area contributed by atoms with E-state index in [4.69, 9.17) is 9.47 Å². The summed E-state index contributed by atoms with van der Waals surface area (Å²) in [4.78, 5) is 4.57. The fraction of sp³-hybridized carbons (Fsp3) is 0.471. The third-order valence-corrected chi connectivity index (χ3v) is 2.95. The van der Waals surface area contributed by atoms with Crippen molar-refractivity contribution >= 4 is 5.96 Å². The van der Waals surface area contributed by atoms with Crippen LogP contribution < -0.4 is 15.4 Å². The van der Waals surface area contributed by atoms with E-state index in [9.17, 15) is 0 Å². The van der Waals surface area contributed by atoms with E-state index < -0.39 is 0 Å². The number of nitrogens with one attached hydrogen (secondary N) is 2. The van der Waals surface area contributed by atoms with Gasteiger partial charge in [-0.15, -0.1) is 6.58 Å². The van der Waals surface area contributed by atoms with Crippen molar-refractivity contribution in [2.45, 2.75) is 19.9 Å². The Bertz CT molecular complexity index is 444. The molecule has 0 saturated carbocycles. The SMILES string of the molecule is C=CCNC(=NCc1ccc(OC)cc1)NCCCOCC. The molecule has 0 spiro atoms. The third kappa shape index (κ3) is 7.69. The zero-order valence-corrected chi connectivity index (χ0v) is 13.6. The maximum Gasteiger partial charge on any atom is 0.191 e. The van der Waals surface area contributed by atoms with Crippen LogP contribution in [0.4, 0.5) is 0 Å². The van der Waals surface area contributed by atoms with Crippen molar-refractivity contribution in [1.29, 1.82) is 0 Å². The summed E-state index contributed by atoms with van der Waals surface area (Å²) in [6, 6.07) is 7.92. The Kier molecular flexibility index (Phi) is 9.54. The number of aliphatic imine (C=N–C) groups is 1. The van der Waals surface area contributed by atoms with Gasteiger partial charge in [0.2, 0.25) is 0 Å². The number of hydrogen-bond donors (Lipinski definition) is 2. The number of hydrogen-bond acceptors (Lipinski definition) is 3. The molecule has 0 bridgehead atoms. The molecule has 1 rings (SSSR count). The molecular formula is C17H27N3O2. The molecule has 0 radical (unpaired) electrons. The van der Waals surface area contributed by atoms with E-state index in [1.54, 1.807) is 7.11 Å². The molecule has 0 amide bonds. The minimum absolute atomic E-state index is 0.613. The maximum absolute atomic E-state index is 5.32. The van der Waals surface area contributed by atoms with Gasteiger partial charge < -0.3 is 20.1 Å². The maximum atomic E-state index is 5.32. The number of guanidine groups is 1. The second-order valence-electron chi connectivity index (χ2n) is 4.66. The van der Waals surface area contributed by atoms with E-state index >= 15 is 0 Å². The predicted octanol–water partition coefficient (Wildman–Crippen LogP) is 2.34. The lowest BCUT2D eigenvalue weighted by atomic mass is 10.2. The highest BCUT2D eigenvalue weighted by molar-refractivity contribution is 5.79. The molecule has 0 aliphatic heterocycles. The third-order valence-electron chi connectivity index (χ3n) is 2.95. The van der Waals surface area contributed by atoms with Crippen molar-refractivity contribution in [2.24, 2.45) is 4.99 Å². The van der Waals surface area contributed by atoms with Crippen LogP contribution in [0, 0.1) is 0 Å². The first-order valence-corrected chi connectivity index (χ1v) is 7.64. The molecule has 0 aliphatic rings. The van der Waals surface area contributed by atoms with Crippen molar-refractivity contribution < 1.29 is 9.47 Å². The molecule has 1 aromatic carbocycles. The highest BCUT2D eigenvalue weighted by Gasteiger charge is 1.98. The summed E-state index contributed by atoms with van der Waals surface area (Å²) in [7, 11) is 1.66. The van der Waals surface area contributed by atoms with Gasteiger partial charge >= 0.3 is 0 Å². The summed E-state index contributed by atoms with van der Waals surface area (Å²) in [5.74, 6) is 1.64. The Morgan fingerprint density at radius 2 is 2.05 bits per heavy atom. The van der Waals surface area contributed by atoms with Crippen LogP contribution in [0.5, 0.6) is 5.75 Å². The average Bonchev–Trinajstić information content (AvgIpc) is 2.57. The molecule has 0 fully saturated rings. The van der Waals surface area contributed by atoms with Gasteiger partial charge in [0.25, 0.3) is 0 Å². The molecule has 0 saturated heterocycles.